The zero-order valence-corrected chi connectivity index (χ0v) is 18.0. The summed E-state index contributed by atoms with van der Waals surface area (Å²) >= 11 is 2.13. The van der Waals surface area contributed by atoms with Crippen molar-refractivity contribution in [1.29, 1.82) is 0 Å². The van der Waals surface area contributed by atoms with Gasteiger partial charge in [0.25, 0.3) is 5.69 Å². The smallest absolute Gasteiger partial charge is 0.363 e. The molecule has 9 heteroatoms. The molecule has 0 radical (unpaired) electrons. The number of benzene rings is 2. The number of cyclic esters (lactones) is 1. The molecular formula is C20H17IN2O6. The molecule has 1 aliphatic rings. The number of ether oxygens (including phenoxy) is 3. The van der Waals surface area contributed by atoms with Gasteiger partial charge in [-0.25, -0.2) is 9.79 Å². The molecule has 0 aromatic heterocycles. The molecule has 0 N–H and O–H groups in total. The van der Waals surface area contributed by atoms with E-state index in [1.165, 1.54) is 25.3 Å². The number of methoxy groups -OCH3 is 1. The highest BCUT2D eigenvalue weighted by molar-refractivity contribution is 14.1. The van der Waals surface area contributed by atoms with Crippen LogP contribution < -0.4 is 9.47 Å². The third-order valence-electron chi connectivity index (χ3n) is 3.83. The lowest BCUT2D eigenvalue weighted by molar-refractivity contribution is -0.384. The molecule has 0 spiro atoms. The molecule has 0 amide bonds. The third kappa shape index (κ3) is 4.73. The highest BCUT2D eigenvalue weighted by Gasteiger charge is 2.25. The average Bonchev–Trinajstić information content (AvgIpc) is 3.04. The maximum absolute atomic E-state index is 12.2. The van der Waals surface area contributed by atoms with Gasteiger partial charge in [-0.15, -0.1) is 0 Å². The zero-order valence-electron chi connectivity index (χ0n) is 15.8. The van der Waals surface area contributed by atoms with Crippen LogP contribution in [-0.2, 0) is 9.53 Å². The molecule has 8 nitrogen and oxygen atoms in total. The van der Waals surface area contributed by atoms with Crippen molar-refractivity contribution in [3.8, 4) is 11.5 Å². The first-order valence-electron chi connectivity index (χ1n) is 8.60. The summed E-state index contributed by atoms with van der Waals surface area (Å²) in [5.41, 5.74) is 1.00. The van der Waals surface area contributed by atoms with E-state index in [0.717, 1.165) is 3.57 Å². The summed E-state index contributed by atoms with van der Waals surface area (Å²) in [6.45, 7) is 3.84. The zero-order chi connectivity index (χ0) is 21.1. The highest BCUT2D eigenvalue weighted by Crippen LogP contribution is 2.35. The van der Waals surface area contributed by atoms with Gasteiger partial charge in [0.2, 0.25) is 5.90 Å². The van der Waals surface area contributed by atoms with Crippen LogP contribution in [0.3, 0.4) is 0 Å². The lowest BCUT2D eigenvalue weighted by atomic mass is 10.1. The Balaban J connectivity index is 1.96. The van der Waals surface area contributed by atoms with Crippen LogP contribution in [0.25, 0.3) is 6.08 Å². The van der Waals surface area contributed by atoms with Crippen LogP contribution in [-0.4, -0.2) is 30.0 Å². The number of nitrogens with zero attached hydrogens (tertiary/aromatic N) is 2. The summed E-state index contributed by atoms with van der Waals surface area (Å²) in [6.07, 6.45) is 1.55. The fraction of sp³-hybridized carbons (Fsp3) is 0.200. The van der Waals surface area contributed by atoms with Crippen LogP contribution in [0.4, 0.5) is 5.69 Å². The van der Waals surface area contributed by atoms with Crippen LogP contribution in [0.2, 0.25) is 0 Å². The topological polar surface area (TPSA) is 100 Å². The Hall–Kier alpha value is -2.95. The van der Waals surface area contributed by atoms with E-state index < -0.39 is 10.9 Å². The summed E-state index contributed by atoms with van der Waals surface area (Å²) in [5, 5.41) is 10.9. The van der Waals surface area contributed by atoms with Crippen LogP contribution in [0.5, 0.6) is 11.5 Å². The van der Waals surface area contributed by atoms with Crippen molar-refractivity contribution >= 4 is 46.2 Å². The standard InChI is InChI=1S/C20H17IN2O6/c1-11(2)28-18-15(21)7-12(9-17(18)27-3)8-16-20(24)29-19(22-16)13-5-4-6-14(10-13)23(25)26/h4-11H,1-3H3/b16-8-. The Morgan fingerprint density at radius 1 is 1.28 bits per heavy atom. The van der Waals surface area contributed by atoms with E-state index in [1.807, 2.05) is 19.9 Å². The number of esters is 1. The van der Waals surface area contributed by atoms with Gasteiger partial charge in [-0.3, -0.25) is 10.1 Å². The maximum atomic E-state index is 12.2. The van der Waals surface area contributed by atoms with Crippen LogP contribution in [0.1, 0.15) is 25.0 Å². The molecule has 1 heterocycles. The molecule has 150 valence electrons. The summed E-state index contributed by atoms with van der Waals surface area (Å²) in [4.78, 5) is 26.9. The average molecular weight is 508 g/mol. The lowest BCUT2D eigenvalue weighted by Gasteiger charge is -2.15. The molecule has 0 bridgehead atoms. The number of rotatable bonds is 6. The van der Waals surface area contributed by atoms with Gasteiger partial charge >= 0.3 is 5.97 Å². The monoisotopic (exact) mass is 508 g/mol. The van der Waals surface area contributed by atoms with Gasteiger partial charge in [0.05, 0.1) is 21.7 Å². The van der Waals surface area contributed by atoms with Gasteiger partial charge in [-0.1, -0.05) is 6.07 Å². The van der Waals surface area contributed by atoms with Crippen LogP contribution in [0, 0.1) is 13.7 Å². The predicted octanol–water partition coefficient (Wildman–Crippen LogP) is 4.34. The summed E-state index contributed by atoms with van der Waals surface area (Å²) in [5.74, 6) is 0.543. The molecule has 2 aromatic carbocycles. The Kier molecular flexibility index (Phi) is 6.16. The molecule has 1 aliphatic heterocycles. The first-order chi connectivity index (χ1) is 13.8. The minimum absolute atomic E-state index is 0.0198. The van der Waals surface area contributed by atoms with E-state index in [0.29, 0.717) is 22.6 Å². The maximum Gasteiger partial charge on any atom is 0.363 e. The Bertz CT molecular complexity index is 1050. The predicted molar refractivity (Wildman–Crippen MR) is 115 cm³/mol. The summed E-state index contributed by atoms with van der Waals surface area (Å²) < 4.78 is 17.2. The van der Waals surface area contributed by atoms with E-state index in [-0.39, 0.29) is 23.4 Å². The van der Waals surface area contributed by atoms with Crippen molar-refractivity contribution in [2.45, 2.75) is 20.0 Å². The number of carbonyl (C=O) groups excluding carboxylic acids is 1. The van der Waals surface area contributed by atoms with E-state index in [4.69, 9.17) is 14.2 Å². The van der Waals surface area contributed by atoms with Crippen molar-refractivity contribution in [2.75, 3.05) is 7.11 Å². The number of hydrogen-bond acceptors (Lipinski definition) is 7. The molecule has 0 fully saturated rings. The van der Waals surface area contributed by atoms with E-state index in [1.54, 1.807) is 18.2 Å². The molecule has 0 saturated heterocycles. The second-order valence-corrected chi connectivity index (χ2v) is 7.51. The van der Waals surface area contributed by atoms with Crippen molar-refractivity contribution < 1.29 is 23.9 Å². The lowest BCUT2D eigenvalue weighted by Crippen LogP contribution is -2.08. The first-order valence-corrected chi connectivity index (χ1v) is 9.68. The molecule has 0 saturated carbocycles. The minimum atomic E-state index is -0.636. The fourth-order valence-electron chi connectivity index (χ4n) is 2.62. The van der Waals surface area contributed by atoms with E-state index >= 15 is 0 Å². The number of carbonyl (C=O) groups is 1. The Morgan fingerprint density at radius 2 is 2.03 bits per heavy atom. The summed E-state index contributed by atoms with van der Waals surface area (Å²) in [7, 11) is 1.54. The quantitative estimate of drug-likeness (QED) is 0.189. The SMILES string of the molecule is COc1cc(/C=C2\N=C(c3cccc([N+](=O)[O-])c3)OC2=O)cc(I)c1OC(C)C. The van der Waals surface area contributed by atoms with Gasteiger partial charge in [0.1, 0.15) is 0 Å². The van der Waals surface area contributed by atoms with Gasteiger partial charge in [0.15, 0.2) is 17.2 Å². The number of non-ortho nitro benzene ring substituents is 1. The molecule has 3 rings (SSSR count). The van der Waals surface area contributed by atoms with Crippen LogP contribution in [0.15, 0.2) is 47.1 Å². The molecule has 29 heavy (non-hydrogen) atoms. The van der Waals surface area contributed by atoms with Crippen molar-refractivity contribution in [3.05, 3.63) is 66.9 Å². The number of nitro groups is 1. The van der Waals surface area contributed by atoms with Gasteiger partial charge in [-0.05, 0) is 66.3 Å². The molecule has 0 atom stereocenters. The van der Waals surface area contributed by atoms with Crippen molar-refractivity contribution in [3.63, 3.8) is 0 Å². The Labute approximate surface area is 180 Å². The second kappa shape index (κ2) is 8.60. The van der Waals surface area contributed by atoms with Gasteiger partial charge in [-0.2, -0.15) is 0 Å². The number of halogens is 1. The highest BCUT2D eigenvalue weighted by atomic mass is 127. The van der Waals surface area contributed by atoms with Gasteiger partial charge < -0.3 is 14.2 Å². The van der Waals surface area contributed by atoms with Crippen LogP contribution >= 0.6 is 22.6 Å². The number of aliphatic imine (C=N–C) groups is 1. The van der Waals surface area contributed by atoms with E-state index in [2.05, 4.69) is 27.6 Å². The summed E-state index contributed by atoms with van der Waals surface area (Å²) in [6, 6.07) is 9.33. The molecule has 2 aromatic rings. The minimum Gasteiger partial charge on any atom is -0.493 e. The fourth-order valence-corrected chi connectivity index (χ4v) is 3.37. The first kappa shape index (κ1) is 20.8. The van der Waals surface area contributed by atoms with E-state index in [9.17, 15) is 14.9 Å². The molecule has 0 unspecified atom stereocenters. The third-order valence-corrected chi connectivity index (χ3v) is 4.63. The number of hydrogen-bond donors (Lipinski definition) is 0. The second-order valence-electron chi connectivity index (χ2n) is 6.34. The van der Waals surface area contributed by atoms with Crippen molar-refractivity contribution in [1.82, 2.24) is 0 Å². The number of nitro benzene ring substituents is 1. The molecular weight excluding hydrogens is 491 g/mol. The normalized spacial score (nSPS) is 14.7. The largest absolute Gasteiger partial charge is 0.493 e. The van der Waals surface area contributed by atoms with Crippen molar-refractivity contribution in [2.24, 2.45) is 4.99 Å². The molecule has 0 aliphatic carbocycles. The Morgan fingerprint density at radius 3 is 2.69 bits per heavy atom. The van der Waals surface area contributed by atoms with Gasteiger partial charge in [0, 0.05) is 17.7 Å².